The Morgan fingerprint density at radius 2 is 1.49 bits per heavy atom. The van der Waals surface area contributed by atoms with Crippen LogP contribution < -0.4 is 15.0 Å². The van der Waals surface area contributed by atoms with Crippen molar-refractivity contribution in [3.05, 3.63) is 130 Å². The molecule has 5 nitrogen and oxygen atoms in total. The van der Waals surface area contributed by atoms with E-state index >= 15 is 0 Å². The van der Waals surface area contributed by atoms with Crippen LogP contribution in [0.2, 0.25) is 0 Å². The number of amides is 1. The second kappa shape index (κ2) is 8.40. The van der Waals surface area contributed by atoms with Crippen molar-refractivity contribution in [2.75, 3.05) is 4.90 Å². The van der Waals surface area contributed by atoms with Gasteiger partial charge in [0.05, 0.1) is 12.5 Å². The molecule has 4 atom stereocenters. The van der Waals surface area contributed by atoms with E-state index in [1.54, 1.807) is 0 Å². The van der Waals surface area contributed by atoms with Crippen LogP contribution in [0.4, 0.5) is 5.69 Å². The average molecular weight is 551 g/mol. The van der Waals surface area contributed by atoms with Crippen LogP contribution in [0, 0.1) is 5.92 Å². The molecule has 3 heterocycles. The Kier molecular flexibility index (Phi) is 5.10. The lowest BCUT2D eigenvalue weighted by Crippen LogP contribution is -2.51. The average Bonchev–Trinajstić information content (AvgIpc) is 3.40. The Balaban J connectivity index is 1.46. The van der Waals surface area contributed by atoms with E-state index in [0.717, 1.165) is 32.4 Å². The molecule has 0 saturated carbocycles. The monoisotopic (exact) mass is 550 g/mol. The van der Waals surface area contributed by atoms with Crippen LogP contribution in [-0.2, 0) is 21.7 Å². The number of anilines is 1. The highest BCUT2D eigenvalue weighted by molar-refractivity contribution is 9.10. The normalized spacial score (nSPS) is 25.5. The lowest BCUT2D eigenvalue weighted by atomic mass is 9.70. The van der Waals surface area contributed by atoms with Crippen molar-refractivity contribution < 1.29 is 14.3 Å². The van der Waals surface area contributed by atoms with Crippen molar-refractivity contribution in [2.45, 2.75) is 24.0 Å². The van der Waals surface area contributed by atoms with Gasteiger partial charge >= 0.3 is 5.97 Å². The van der Waals surface area contributed by atoms with E-state index in [-0.39, 0.29) is 11.9 Å². The van der Waals surface area contributed by atoms with Crippen molar-refractivity contribution in [1.82, 2.24) is 5.32 Å². The Morgan fingerprint density at radius 3 is 2.30 bits per heavy atom. The van der Waals surface area contributed by atoms with Crippen molar-refractivity contribution >= 4 is 33.5 Å². The summed E-state index contributed by atoms with van der Waals surface area (Å²) in [6.45, 7) is 0.448. The fourth-order valence-corrected chi connectivity index (χ4v) is 6.97. The number of ether oxygens (including phenoxy) is 1. The third-order valence-corrected chi connectivity index (χ3v) is 8.65. The first-order valence-electron chi connectivity index (χ1n) is 12.4. The number of esters is 1. The predicted molar refractivity (Wildman–Crippen MR) is 144 cm³/mol. The molecule has 7 rings (SSSR count). The molecule has 1 N–H and O–H groups in total. The Morgan fingerprint density at radius 1 is 0.811 bits per heavy atom. The first-order valence-corrected chi connectivity index (χ1v) is 13.2. The van der Waals surface area contributed by atoms with Gasteiger partial charge in [-0.25, -0.2) is 0 Å². The summed E-state index contributed by atoms with van der Waals surface area (Å²) in [6, 6.07) is 33.0. The zero-order valence-corrected chi connectivity index (χ0v) is 21.4. The number of benzene rings is 4. The molecule has 0 aromatic heterocycles. The first-order chi connectivity index (χ1) is 18.1. The van der Waals surface area contributed by atoms with Crippen LogP contribution in [0.1, 0.15) is 34.2 Å². The zero-order valence-electron chi connectivity index (χ0n) is 19.8. The van der Waals surface area contributed by atoms with E-state index in [9.17, 15) is 9.59 Å². The van der Waals surface area contributed by atoms with E-state index in [4.69, 9.17) is 4.74 Å². The van der Waals surface area contributed by atoms with Crippen molar-refractivity contribution in [2.24, 2.45) is 5.92 Å². The smallest absolute Gasteiger partial charge is 0.317 e. The van der Waals surface area contributed by atoms with E-state index in [2.05, 4.69) is 21.2 Å². The molecule has 3 aliphatic rings. The second-order valence-electron chi connectivity index (χ2n) is 9.81. The van der Waals surface area contributed by atoms with Crippen LogP contribution in [-0.4, -0.2) is 11.9 Å². The summed E-state index contributed by atoms with van der Waals surface area (Å²) in [5.41, 5.74) is 3.49. The number of carbonyl (C=O) groups excluding carboxylic acids is 2. The number of halogens is 1. The highest BCUT2D eigenvalue weighted by Gasteiger charge is 2.67. The van der Waals surface area contributed by atoms with Gasteiger partial charge in [0.15, 0.2) is 0 Å². The van der Waals surface area contributed by atoms with Crippen LogP contribution in [0.5, 0.6) is 5.75 Å². The second-order valence-corrected chi connectivity index (χ2v) is 10.7. The maximum Gasteiger partial charge on any atom is 0.317 e. The van der Waals surface area contributed by atoms with Gasteiger partial charge in [0.2, 0.25) is 0 Å². The number of hydrogen-bond acceptors (Lipinski definition) is 4. The molecule has 0 radical (unpaired) electrons. The molecule has 0 bridgehead atoms. The lowest BCUT2D eigenvalue weighted by Gasteiger charge is -2.35. The lowest BCUT2D eigenvalue weighted by molar-refractivity contribution is -0.141. The highest BCUT2D eigenvalue weighted by Crippen LogP contribution is 2.62. The van der Waals surface area contributed by atoms with Crippen LogP contribution in [0.3, 0.4) is 0 Å². The van der Waals surface area contributed by atoms with Crippen LogP contribution >= 0.6 is 15.9 Å². The molecule has 37 heavy (non-hydrogen) atoms. The zero-order chi connectivity index (χ0) is 25.1. The maximum absolute atomic E-state index is 14.7. The van der Waals surface area contributed by atoms with Crippen molar-refractivity contribution in [3.63, 3.8) is 0 Å². The van der Waals surface area contributed by atoms with E-state index in [1.807, 2.05) is 108 Å². The minimum Gasteiger partial charge on any atom is -0.426 e. The van der Waals surface area contributed by atoms with E-state index in [1.165, 1.54) is 0 Å². The Labute approximate surface area is 223 Å². The number of rotatable bonds is 3. The van der Waals surface area contributed by atoms with Crippen molar-refractivity contribution in [1.29, 1.82) is 0 Å². The summed E-state index contributed by atoms with van der Waals surface area (Å²) in [4.78, 5) is 30.2. The van der Waals surface area contributed by atoms with Gasteiger partial charge < -0.3 is 9.64 Å². The fraction of sp³-hybridized carbons (Fsp3) is 0.161. The van der Waals surface area contributed by atoms with E-state index in [0.29, 0.717) is 12.3 Å². The molecule has 1 amide bonds. The topological polar surface area (TPSA) is 58.6 Å². The molecule has 4 aromatic carbocycles. The fourth-order valence-electron chi connectivity index (χ4n) is 6.43. The molecule has 1 saturated heterocycles. The third-order valence-electron chi connectivity index (χ3n) is 7.93. The van der Waals surface area contributed by atoms with Gasteiger partial charge in [-0.2, -0.15) is 0 Å². The number of para-hydroxylation sites is 2. The minimum absolute atomic E-state index is 0.0494. The molecule has 0 unspecified atom stereocenters. The molecular weight excluding hydrogens is 528 g/mol. The summed E-state index contributed by atoms with van der Waals surface area (Å²) >= 11 is 3.69. The predicted octanol–water partition coefficient (Wildman–Crippen LogP) is 5.85. The Bertz CT molecular complexity index is 1560. The SMILES string of the molecule is O=C1Oc2ccccc2[C@@H]2[C@H]1[C@@H](c1ccccc1Br)N[C@]21C(=O)N(Cc2ccccc2)c2ccccc21. The van der Waals surface area contributed by atoms with Gasteiger partial charge in [-0.15, -0.1) is 0 Å². The van der Waals surface area contributed by atoms with Gasteiger partial charge in [0, 0.05) is 33.2 Å². The first kappa shape index (κ1) is 22.5. The van der Waals surface area contributed by atoms with Gasteiger partial charge in [-0.05, 0) is 29.3 Å². The number of fused-ring (bicyclic) bond motifs is 6. The molecule has 4 aromatic rings. The summed E-state index contributed by atoms with van der Waals surface area (Å²) in [5, 5.41) is 3.74. The number of nitrogens with one attached hydrogen (secondary N) is 1. The van der Waals surface area contributed by atoms with Crippen LogP contribution in [0.25, 0.3) is 0 Å². The van der Waals surface area contributed by atoms with Gasteiger partial charge in [0.25, 0.3) is 5.91 Å². The minimum atomic E-state index is -1.12. The van der Waals surface area contributed by atoms with Crippen LogP contribution in [0.15, 0.2) is 108 Å². The van der Waals surface area contributed by atoms with Gasteiger partial charge in [0.1, 0.15) is 11.3 Å². The van der Waals surface area contributed by atoms with Gasteiger partial charge in [-0.3, -0.25) is 14.9 Å². The number of hydrogen-bond donors (Lipinski definition) is 1. The highest BCUT2D eigenvalue weighted by atomic mass is 79.9. The number of nitrogens with zero attached hydrogens (tertiary/aromatic N) is 1. The molecule has 182 valence electrons. The summed E-state index contributed by atoms with van der Waals surface area (Å²) in [6.07, 6.45) is 0. The third kappa shape index (κ3) is 3.19. The largest absolute Gasteiger partial charge is 0.426 e. The standard InChI is InChI=1S/C31H23BrN2O3/c32-23-15-7-4-12-20(23)28-26-27(21-13-5-9-17-25(21)37-29(26)35)31(33-28)22-14-6-8-16-24(22)34(30(31)36)18-19-10-2-1-3-11-19/h1-17,26-28,33H,18H2/t26-,27+,28+,31-/m0/s1. The van der Waals surface area contributed by atoms with Gasteiger partial charge in [-0.1, -0.05) is 101 Å². The van der Waals surface area contributed by atoms with Crippen molar-refractivity contribution in [3.8, 4) is 5.75 Å². The molecule has 3 aliphatic heterocycles. The summed E-state index contributed by atoms with van der Waals surface area (Å²) < 4.78 is 6.75. The molecule has 1 spiro atoms. The number of carbonyl (C=O) groups is 2. The summed E-state index contributed by atoms with van der Waals surface area (Å²) in [7, 11) is 0. The summed E-state index contributed by atoms with van der Waals surface area (Å²) in [5.74, 6) is -0.861. The Hall–Kier alpha value is -3.74. The molecule has 1 fully saturated rings. The quantitative estimate of drug-likeness (QED) is 0.256. The molecule has 6 heteroatoms. The molecule has 0 aliphatic carbocycles. The van der Waals surface area contributed by atoms with E-state index < -0.39 is 23.4 Å². The maximum atomic E-state index is 14.7. The molecular formula is C31H23BrN2O3.